The summed E-state index contributed by atoms with van der Waals surface area (Å²) in [6.45, 7) is 3.90. The molecule has 90 valence electrons. The van der Waals surface area contributed by atoms with Crippen molar-refractivity contribution in [1.29, 1.82) is 0 Å². The first-order valence-electron chi connectivity index (χ1n) is 5.96. The maximum atomic E-state index is 5.60. The third kappa shape index (κ3) is 1.97. The van der Waals surface area contributed by atoms with Gasteiger partial charge in [-0.05, 0) is 38.1 Å². The van der Waals surface area contributed by atoms with Gasteiger partial charge in [-0.15, -0.1) is 0 Å². The van der Waals surface area contributed by atoms with E-state index >= 15 is 0 Å². The summed E-state index contributed by atoms with van der Waals surface area (Å²) in [5, 5.41) is 0. The molecule has 2 nitrogen and oxygen atoms in total. The normalized spacial score (nSPS) is 10.8. The van der Waals surface area contributed by atoms with Crippen LogP contribution in [0.15, 0.2) is 57.4 Å². The lowest BCUT2D eigenvalue weighted by Gasteiger charge is -2.00. The highest BCUT2D eigenvalue weighted by molar-refractivity contribution is 5.65. The summed E-state index contributed by atoms with van der Waals surface area (Å²) < 4.78 is 11.2. The Morgan fingerprint density at radius 2 is 0.944 bits per heavy atom. The molecule has 0 aliphatic carbocycles. The van der Waals surface area contributed by atoms with E-state index in [9.17, 15) is 0 Å². The molecular weight excluding hydrogens is 224 g/mol. The minimum atomic E-state index is 0.898. The summed E-state index contributed by atoms with van der Waals surface area (Å²) in [7, 11) is 0. The van der Waals surface area contributed by atoms with Crippen molar-refractivity contribution in [1.82, 2.24) is 0 Å². The number of hydrogen-bond acceptors (Lipinski definition) is 2. The second-order valence-corrected chi connectivity index (χ2v) is 4.40. The van der Waals surface area contributed by atoms with Crippen molar-refractivity contribution in [3.63, 3.8) is 0 Å². The maximum absolute atomic E-state index is 5.60. The van der Waals surface area contributed by atoms with Crippen LogP contribution in [0, 0.1) is 13.8 Å². The molecule has 0 saturated carbocycles. The number of aryl methyl sites for hydroxylation is 2. The Morgan fingerprint density at radius 1 is 0.556 bits per heavy atom. The summed E-state index contributed by atoms with van der Waals surface area (Å²) in [6.07, 6.45) is 0. The Hall–Kier alpha value is -2.22. The van der Waals surface area contributed by atoms with Crippen LogP contribution >= 0.6 is 0 Å². The second-order valence-electron chi connectivity index (χ2n) is 4.40. The molecule has 0 aliphatic rings. The molecule has 0 spiro atoms. The minimum absolute atomic E-state index is 0.898. The molecule has 18 heavy (non-hydrogen) atoms. The lowest BCUT2D eigenvalue weighted by atomic mass is 10.1. The van der Waals surface area contributed by atoms with Crippen molar-refractivity contribution in [2.24, 2.45) is 0 Å². The Morgan fingerprint density at radius 3 is 1.22 bits per heavy atom. The molecule has 0 atom stereocenters. The molecule has 0 aliphatic heterocycles. The second kappa shape index (κ2) is 4.22. The van der Waals surface area contributed by atoms with Crippen LogP contribution in [0.25, 0.3) is 22.6 Å². The standard InChI is InChI=1S/C16H14O2/c1-11-3-9-15(17-11)13-5-7-14(8-6-13)16-10-4-12(2)18-16/h3-10H,1-2H3. The van der Waals surface area contributed by atoms with Gasteiger partial charge in [0.25, 0.3) is 0 Å². The highest BCUT2D eigenvalue weighted by Gasteiger charge is 2.05. The highest BCUT2D eigenvalue weighted by Crippen LogP contribution is 2.27. The Labute approximate surface area is 106 Å². The molecule has 0 bridgehead atoms. The maximum Gasteiger partial charge on any atom is 0.134 e. The van der Waals surface area contributed by atoms with E-state index in [0.717, 1.165) is 34.2 Å². The Balaban J connectivity index is 1.94. The van der Waals surface area contributed by atoms with Crippen LogP contribution in [-0.4, -0.2) is 0 Å². The Kier molecular flexibility index (Phi) is 2.56. The molecule has 0 fully saturated rings. The number of hydrogen-bond donors (Lipinski definition) is 0. The predicted molar refractivity (Wildman–Crippen MR) is 71.3 cm³/mol. The molecular formula is C16H14O2. The fourth-order valence-electron chi connectivity index (χ4n) is 1.98. The van der Waals surface area contributed by atoms with Crippen LogP contribution < -0.4 is 0 Å². The summed E-state index contributed by atoms with van der Waals surface area (Å²) in [4.78, 5) is 0. The molecule has 1 aromatic carbocycles. The van der Waals surface area contributed by atoms with Gasteiger partial charge < -0.3 is 8.83 Å². The smallest absolute Gasteiger partial charge is 0.134 e. The molecule has 0 saturated heterocycles. The first-order chi connectivity index (χ1) is 8.72. The van der Waals surface area contributed by atoms with Gasteiger partial charge in [0, 0.05) is 11.1 Å². The monoisotopic (exact) mass is 238 g/mol. The van der Waals surface area contributed by atoms with E-state index < -0.39 is 0 Å². The summed E-state index contributed by atoms with van der Waals surface area (Å²) >= 11 is 0. The average molecular weight is 238 g/mol. The molecule has 2 aromatic heterocycles. The topological polar surface area (TPSA) is 26.3 Å². The van der Waals surface area contributed by atoms with Crippen LogP contribution in [-0.2, 0) is 0 Å². The van der Waals surface area contributed by atoms with Crippen LogP contribution in [0.1, 0.15) is 11.5 Å². The van der Waals surface area contributed by atoms with Gasteiger partial charge in [0.15, 0.2) is 0 Å². The van der Waals surface area contributed by atoms with E-state index in [-0.39, 0.29) is 0 Å². The van der Waals surface area contributed by atoms with Crippen molar-refractivity contribution in [2.45, 2.75) is 13.8 Å². The number of rotatable bonds is 2. The summed E-state index contributed by atoms with van der Waals surface area (Å²) in [5.41, 5.74) is 2.16. The van der Waals surface area contributed by atoms with Gasteiger partial charge in [0.2, 0.25) is 0 Å². The van der Waals surface area contributed by atoms with Crippen molar-refractivity contribution in [3.05, 3.63) is 60.1 Å². The van der Waals surface area contributed by atoms with Crippen molar-refractivity contribution in [2.75, 3.05) is 0 Å². The molecule has 3 rings (SSSR count). The van der Waals surface area contributed by atoms with Gasteiger partial charge >= 0.3 is 0 Å². The van der Waals surface area contributed by atoms with Gasteiger partial charge in [0.1, 0.15) is 23.0 Å². The van der Waals surface area contributed by atoms with Gasteiger partial charge in [0.05, 0.1) is 0 Å². The molecule has 0 N–H and O–H groups in total. The SMILES string of the molecule is Cc1ccc(-c2ccc(-c3ccc(C)o3)cc2)o1. The summed E-state index contributed by atoms with van der Waals surface area (Å²) in [6, 6.07) is 16.1. The van der Waals surface area contributed by atoms with E-state index in [1.165, 1.54) is 0 Å². The molecule has 2 heteroatoms. The minimum Gasteiger partial charge on any atom is -0.461 e. The van der Waals surface area contributed by atoms with Crippen molar-refractivity contribution >= 4 is 0 Å². The number of benzene rings is 1. The fraction of sp³-hybridized carbons (Fsp3) is 0.125. The fourth-order valence-corrected chi connectivity index (χ4v) is 1.98. The van der Waals surface area contributed by atoms with Crippen molar-refractivity contribution < 1.29 is 8.83 Å². The number of furan rings is 2. The van der Waals surface area contributed by atoms with Crippen LogP contribution in [0.5, 0.6) is 0 Å². The first-order valence-corrected chi connectivity index (χ1v) is 5.96. The summed E-state index contributed by atoms with van der Waals surface area (Å²) in [5.74, 6) is 3.65. The van der Waals surface area contributed by atoms with Gasteiger partial charge in [-0.2, -0.15) is 0 Å². The molecule has 3 aromatic rings. The molecule has 2 heterocycles. The van der Waals surface area contributed by atoms with E-state index in [2.05, 4.69) is 0 Å². The third-order valence-electron chi connectivity index (χ3n) is 2.93. The van der Waals surface area contributed by atoms with E-state index in [1.54, 1.807) is 0 Å². The van der Waals surface area contributed by atoms with Crippen LogP contribution in [0.4, 0.5) is 0 Å². The van der Waals surface area contributed by atoms with Gasteiger partial charge in [-0.25, -0.2) is 0 Å². The zero-order valence-corrected chi connectivity index (χ0v) is 10.4. The lowest BCUT2D eigenvalue weighted by Crippen LogP contribution is -1.76. The van der Waals surface area contributed by atoms with E-state index in [1.807, 2.05) is 62.4 Å². The average Bonchev–Trinajstić information content (AvgIpc) is 2.98. The van der Waals surface area contributed by atoms with Crippen LogP contribution in [0.3, 0.4) is 0 Å². The van der Waals surface area contributed by atoms with E-state index in [0.29, 0.717) is 0 Å². The zero-order valence-electron chi connectivity index (χ0n) is 10.4. The first kappa shape index (κ1) is 10.9. The quantitative estimate of drug-likeness (QED) is 0.639. The molecule has 0 radical (unpaired) electrons. The van der Waals surface area contributed by atoms with Crippen LogP contribution in [0.2, 0.25) is 0 Å². The van der Waals surface area contributed by atoms with Crippen molar-refractivity contribution in [3.8, 4) is 22.6 Å². The predicted octanol–water partition coefficient (Wildman–Crippen LogP) is 4.82. The highest BCUT2D eigenvalue weighted by atomic mass is 16.3. The lowest BCUT2D eigenvalue weighted by molar-refractivity contribution is 0.547. The van der Waals surface area contributed by atoms with Gasteiger partial charge in [-0.3, -0.25) is 0 Å². The third-order valence-corrected chi connectivity index (χ3v) is 2.93. The van der Waals surface area contributed by atoms with E-state index in [4.69, 9.17) is 8.83 Å². The largest absolute Gasteiger partial charge is 0.461 e. The zero-order chi connectivity index (χ0) is 12.5. The Bertz CT molecular complexity index is 597. The molecule has 0 unspecified atom stereocenters. The van der Waals surface area contributed by atoms with Gasteiger partial charge in [-0.1, -0.05) is 24.3 Å². The molecule has 0 amide bonds.